The number of nitrogens with one attached hydrogen (secondary N) is 1. The van der Waals surface area contributed by atoms with Crippen molar-refractivity contribution >= 4 is 27.5 Å². The molecule has 1 aromatic heterocycles. The Kier molecular flexibility index (Phi) is 5.40. The van der Waals surface area contributed by atoms with Gasteiger partial charge >= 0.3 is 0 Å². The first-order valence-electron chi connectivity index (χ1n) is 9.83. The average Bonchev–Trinajstić information content (AvgIpc) is 3.07. The fraction of sp³-hybridized carbons (Fsp3) is 0.286. The number of sulfonamides is 1. The predicted molar refractivity (Wildman–Crippen MR) is 116 cm³/mol. The van der Waals surface area contributed by atoms with E-state index < -0.39 is 10.0 Å². The molecule has 4 rings (SSSR count). The van der Waals surface area contributed by atoms with Crippen molar-refractivity contribution in [3.8, 4) is 0 Å². The van der Waals surface area contributed by atoms with E-state index in [1.807, 2.05) is 55.1 Å². The molecule has 30 heavy (non-hydrogen) atoms. The van der Waals surface area contributed by atoms with Gasteiger partial charge in [-0.3, -0.25) is 0 Å². The van der Waals surface area contributed by atoms with Crippen LogP contribution < -0.4 is 15.4 Å². The van der Waals surface area contributed by atoms with Gasteiger partial charge in [-0.05, 0) is 43.0 Å². The molecule has 0 aliphatic carbocycles. The Morgan fingerprint density at radius 2 is 1.90 bits per heavy atom. The molecule has 156 valence electrons. The van der Waals surface area contributed by atoms with Gasteiger partial charge in [0.25, 0.3) is 5.95 Å². The molecular weight excluding hydrogens is 400 g/mol. The third-order valence-electron chi connectivity index (χ3n) is 5.21. The summed E-state index contributed by atoms with van der Waals surface area (Å²) in [5, 5.41) is 17.5. The van der Waals surface area contributed by atoms with Crippen molar-refractivity contribution < 1.29 is 8.42 Å². The van der Waals surface area contributed by atoms with E-state index in [1.54, 1.807) is 6.07 Å². The third-order valence-corrected chi connectivity index (χ3v) is 6.21. The van der Waals surface area contributed by atoms with Crippen LogP contribution in [-0.2, 0) is 29.4 Å². The number of aryl methyl sites for hydroxylation is 1. The van der Waals surface area contributed by atoms with Gasteiger partial charge in [-0.2, -0.15) is 4.98 Å². The van der Waals surface area contributed by atoms with Crippen molar-refractivity contribution in [2.45, 2.75) is 44.2 Å². The van der Waals surface area contributed by atoms with Crippen LogP contribution in [0.25, 0.3) is 0 Å². The molecule has 3 aromatic rings. The van der Waals surface area contributed by atoms with Crippen LogP contribution in [0.2, 0.25) is 0 Å². The molecule has 1 aliphatic rings. The number of hydrogen-bond donors (Lipinski definition) is 2. The van der Waals surface area contributed by atoms with Gasteiger partial charge in [0.05, 0.1) is 4.90 Å². The molecule has 0 radical (unpaired) electrons. The zero-order valence-electron chi connectivity index (χ0n) is 16.9. The van der Waals surface area contributed by atoms with Gasteiger partial charge < -0.3 is 10.2 Å². The molecule has 0 fully saturated rings. The van der Waals surface area contributed by atoms with Crippen LogP contribution >= 0.6 is 0 Å². The van der Waals surface area contributed by atoms with E-state index >= 15 is 0 Å². The number of primary sulfonamides is 1. The zero-order valence-corrected chi connectivity index (χ0v) is 17.7. The van der Waals surface area contributed by atoms with Gasteiger partial charge in [-0.25, -0.2) is 13.6 Å². The Morgan fingerprint density at radius 1 is 1.13 bits per heavy atom. The molecular formula is C21H24N6O2S. The maximum atomic E-state index is 12.0. The highest BCUT2D eigenvalue weighted by Crippen LogP contribution is 2.39. The Labute approximate surface area is 176 Å². The smallest absolute Gasteiger partial charge is 0.252 e. The number of nitrogens with zero attached hydrogens (tertiary/aromatic N) is 4. The molecule has 9 heteroatoms. The van der Waals surface area contributed by atoms with Gasteiger partial charge in [-0.1, -0.05) is 43.3 Å². The first kappa shape index (κ1) is 20.2. The molecule has 0 spiro atoms. The van der Waals surface area contributed by atoms with Crippen molar-refractivity contribution in [2.75, 3.05) is 10.2 Å². The highest BCUT2D eigenvalue weighted by molar-refractivity contribution is 7.89. The van der Waals surface area contributed by atoms with Crippen molar-refractivity contribution in [2.24, 2.45) is 5.14 Å². The minimum atomic E-state index is -3.81. The Hall–Kier alpha value is -3.04. The van der Waals surface area contributed by atoms with E-state index in [-0.39, 0.29) is 10.9 Å². The summed E-state index contributed by atoms with van der Waals surface area (Å²) in [4.78, 5) is 6.81. The molecule has 0 amide bonds. The van der Waals surface area contributed by atoms with E-state index in [0.29, 0.717) is 36.7 Å². The summed E-state index contributed by atoms with van der Waals surface area (Å²) < 4.78 is 24.0. The normalized spacial score (nSPS) is 15.8. The SMILES string of the molecule is CCc1nnc(N2c3cccc(S(N)(=O)=O)c3CC2C)nc1NCc1ccccc1. The molecule has 8 nitrogen and oxygen atoms in total. The number of aromatic nitrogens is 3. The summed E-state index contributed by atoms with van der Waals surface area (Å²) in [6.07, 6.45) is 1.23. The quantitative estimate of drug-likeness (QED) is 0.625. The van der Waals surface area contributed by atoms with Crippen LogP contribution in [0, 0.1) is 0 Å². The number of nitrogens with two attached hydrogens (primary N) is 1. The lowest BCUT2D eigenvalue weighted by molar-refractivity contribution is 0.596. The van der Waals surface area contributed by atoms with E-state index in [2.05, 4.69) is 15.5 Å². The van der Waals surface area contributed by atoms with Gasteiger partial charge in [0.1, 0.15) is 5.69 Å². The fourth-order valence-electron chi connectivity index (χ4n) is 3.78. The highest BCUT2D eigenvalue weighted by atomic mass is 32.2. The second-order valence-corrected chi connectivity index (χ2v) is 8.85. The molecule has 0 saturated carbocycles. The molecule has 1 atom stereocenters. The van der Waals surface area contributed by atoms with Crippen LogP contribution in [0.4, 0.5) is 17.5 Å². The van der Waals surface area contributed by atoms with Crippen LogP contribution in [0.3, 0.4) is 0 Å². The van der Waals surface area contributed by atoms with E-state index in [9.17, 15) is 8.42 Å². The lowest BCUT2D eigenvalue weighted by Gasteiger charge is -2.23. The molecule has 3 N–H and O–H groups in total. The van der Waals surface area contributed by atoms with Crippen molar-refractivity contribution in [1.82, 2.24) is 15.2 Å². The van der Waals surface area contributed by atoms with Gasteiger partial charge in [0.15, 0.2) is 5.82 Å². The summed E-state index contributed by atoms with van der Waals surface area (Å²) in [5.74, 6) is 1.11. The monoisotopic (exact) mass is 424 g/mol. The van der Waals surface area contributed by atoms with E-state index in [4.69, 9.17) is 10.1 Å². The Bertz CT molecular complexity index is 1170. The lowest BCUT2D eigenvalue weighted by atomic mass is 10.1. The summed E-state index contributed by atoms with van der Waals surface area (Å²) in [6.45, 7) is 4.62. The topological polar surface area (TPSA) is 114 Å². The predicted octanol–water partition coefficient (Wildman–Crippen LogP) is 2.78. The summed E-state index contributed by atoms with van der Waals surface area (Å²) in [7, 11) is -3.81. The van der Waals surface area contributed by atoms with E-state index in [1.165, 1.54) is 6.07 Å². The zero-order chi connectivity index (χ0) is 21.3. The van der Waals surface area contributed by atoms with Crippen LogP contribution in [0.5, 0.6) is 0 Å². The molecule has 1 aliphatic heterocycles. The third kappa shape index (κ3) is 3.86. The van der Waals surface area contributed by atoms with Crippen molar-refractivity contribution in [3.63, 3.8) is 0 Å². The van der Waals surface area contributed by atoms with Gasteiger partial charge in [0, 0.05) is 18.3 Å². The molecule has 2 heterocycles. The summed E-state index contributed by atoms with van der Waals surface area (Å²) >= 11 is 0. The fourth-order valence-corrected chi connectivity index (χ4v) is 4.58. The second-order valence-electron chi connectivity index (χ2n) is 7.32. The molecule has 2 aromatic carbocycles. The van der Waals surface area contributed by atoms with Crippen LogP contribution in [0.15, 0.2) is 53.4 Å². The summed E-state index contributed by atoms with van der Waals surface area (Å²) in [6, 6.07) is 15.1. The van der Waals surface area contributed by atoms with Crippen LogP contribution in [0.1, 0.15) is 30.7 Å². The second kappa shape index (κ2) is 8.00. The van der Waals surface area contributed by atoms with Crippen LogP contribution in [-0.4, -0.2) is 29.6 Å². The average molecular weight is 425 g/mol. The number of rotatable bonds is 6. The van der Waals surface area contributed by atoms with Crippen molar-refractivity contribution in [3.05, 3.63) is 65.4 Å². The first-order valence-corrected chi connectivity index (χ1v) is 11.4. The minimum absolute atomic E-state index is 0.0286. The molecule has 0 bridgehead atoms. The largest absolute Gasteiger partial charge is 0.364 e. The first-order chi connectivity index (χ1) is 14.4. The maximum absolute atomic E-state index is 12.0. The number of anilines is 3. The van der Waals surface area contributed by atoms with Gasteiger partial charge in [-0.15, -0.1) is 10.2 Å². The number of fused-ring (bicyclic) bond motifs is 1. The summed E-state index contributed by atoms with van der Waals surface area (Å²) in [5.41, 5.74) is 3.35. The van der Waals surface area contributed by atoms with Crippen molar-refractivity contribution in [1.29, 1.82) is 0 Å². The maximum Gasteiger partial charge on any atom is 0.252 e. The highest BCUT2D eigenvalue weighted by Gasteiger charge is 2.33. The minimum Gasteiger partial charge on any atom is -0.364 e. The number of benzene rings is 2. The lowest BCUT2D eigenvalue weighted by Crippen LogP contribution is -2.27. The van der Waals surface area contributed by atoms with E-state index in [0.717, 1.165) is 16.9 Å². The number of hydrogen-bond acceptors (Lipinski definition) is 7. The Balaban J connectivity index is 1.70. The molecule has 0 saturated heterocycles. The standard InChI is InChI=1S/C21H24N6O2S/c1-3-17-20(23-13-15-8-5-4-6-9-15)24-21(26-25-17)27-14(2)12-16-18(27)10-7-11-19(16)30(22,28)29/h4-11,14H,3,12-13H2,1-2H3,(H2,22,28,29)(H,23,24,26). The molecule has 1 unspecified atom stereocenters. The van der Waals surface area contributed by atoms with Gasteiger partial charge in [0.2, 0.25) is 10.0 Å². The Morgan fingerprint density at radius 3 is 2.60 bits per heavy atom.